The van der Waals surface area contributed by atoms with E-state index in [2.05, 4.69) is 11.0 Å². The number of amides is 1. The maximum Gasteiger partial charge on any atom is 0.233 e. The normalized spacial score (nSPS) is 21.1. The van der Waals surface area contributed by atoms with Crippen LogP contribution in [-0.4, -0.2) is 31.0 Å². The fourth-order valence-electron chi connectivity index (χ4n) is 3.34. The summed E-state index contributed by atoms with van der Waals surface area (Å²) in [6.45, 7) is 1.85. The molecule has 3 heteroatoms. The fraction of sp³-hybridized carbons (Fsp3) is 0.588. The summed E-state index contributed by atoms with van der Waals surface area (Å²) in [7, 11) is 1.69. The number of carbonyl (C=O) groups is 1. The first-order valence-corrected chi connectivity index (χ1v) is 7.71. The van der Waals surface area contributed by atoms with E-state index in [-0.39, 0.29) is 5.41 Å². The smallest absolute Gasteiger partial charge is 0.233 e. The van der Waals surface area contributed by atoms with Gasteiger partial charge in [0.1, 0.15) is 5.75 Å². The molecule has 1 heterocycles. The summed E-state index contributed by atoms with van der Waals surface area (Å²) in [5.41, 5.74) is 0.786. The second kappa shape index (κ2) is 5.47. The number of nitrogens with zero attached hydrogens (tertiary/aromatic N) is 1. The summed E-state index contributed by atoms with van der Waals surface area (Å²) >= 11 is 0. The van der Waals surface area contributed by atoms with E-state index >= 15 is 0 Å². The van der Waals surface area contributed by atoms with Gasteiger partial charge in [-0.05, 0) is 31.7 Å². The molecule has 0 radical (unpaired) electrons. The summed E-state index contributed by atoms with van der Waals surface area (Å²) in [5, 5.41) is 0. The van der Waals surface area contributed by atoms with Crippen molar-refractivity contribution in [1.82, 2.24) is 4.90 Å². The first-order chi connectivity index (χ1) is 9.78. The van der Waals surface area contributed by atoms with Crippen molar-refractivity contribution in [1.29, 1.82) is 0 Å². The number of methoxy groups -OCH3 is 1. The molecule has 0 bridgehead atoms. The number of carbonyl (C=O) groups excluding carboxylic acids is 1. The highest BCUT2D eigenvalue weighted by Gasteiger charge is 2.54. The number of para-hydroxylation sites is 1. The molecule has 3 rings (SSSR count). The van der Waals surface area contributed by atoms with Crippen LogP contribution in [0, 0.1) is 0 Å². The first-order valence-electron chi connectivity index (χ1n) is 7.71. The van der Waals surface area contributed by atoms with Gasteiger partial charge in [-0.25, -0.2) is 0 Å². The molecule has 0 aromatic heterocycles. The Morgan fingerprint density at radius 2 is 1.75 bits per heavy atom. The molecule has 0 N–H and O–H groups in total. The largest absolute Gasteiger partial charge is 0.496 e. The molecule has 2 aliphatic rings. The van der Waals surface area contributed by atoms with Crippen LogP contribution >= 0.6 is 0 Å². The van der Waals surface area contributed by atoms with Crippen molar-refractivity contribution < 1.29 is 9.53 Å². The summed E-state index contributed by atoms with van der Waals surface area (Å²) in [4.78, 5) is 15.1. The van der Waals surface area contributed by atoms with E-state index in [1.54, 1.807) is 7.11 Å². The third kappa shape index (κ3) is 2.30. The Morgan fingerprint density at radius 3 is 2.35 bits per heavy atom. The minimum atomic E-state index is -0.295. The zero-order valence-electron chi connectivity index (χ0n) is 12.2. The molecule has 3 nitrogen and oxygen atoms in total. The molecular formula is C17H23NO2. The lowest BCUT2D eigenvalue weighted by atomic mass is 9.93. The second-order valence-corrected chi connectivity index (χ2v) is 5.99. The SMILES string of the molecule is COc1ccccc1C1(C(=O)N2CCCCCC2)CC1. The molecule has 108 valence electrons. The number of benzene rings is 1. The first kappa shape index (κ1) is 13.5. The van der Waals surface area contributed by atoms with E-state index < -0.39 is 0 Å². The third-order valence-corrected chi connectivity index (χ3v) is 4.68. The van der Waals surface area contributed by atoms with Crippen LogP contribution in [0.5, 0.6) is 5.75 Å². The molecule has 0 unspecified atom stereocenters. The molecule has 1 amide bonds. The molecule has 1 aromatic carbocycles. The molecule has 1 aromatic rings. The number of ether oxygens (including phenoxy) is 1. The monoisotopic (exact) mass is 273 g/mol. The maximum absolute atomic E-state index is 13.0. The van der Waals surface area contributed by atoms with Crippen molar-refractivity contribution in [3.8, 4) is 5.75 Å². The van der Waals surface area contributed by atoms with Crippen LogP contribution in [0.1, 0.15) is 44.1 Å². The van der Waals surface area contributed by atoms with Crippen molar-refractivity contribution in [2.75, 3.05) is 20.2 Å². The lowest BCUT2D eigenvalue weighted by Crippen LogP contribution is -2.40. The van der Waals surface area contributed by atoms with E-state index in [0.29, 0.717) is 5.91 Å². The lowest BCUT2D eigenvalue weighted by Gasteiger charge is -2.27. The number of hydrogen-bond donors (Lipinski definition) is 0. The Morgan fingerprint density at radius 1 is 1.10 bits per heavy atom. The van der Waals surface area contributed by atoms with Gasteiger partial charge in [-0.2, -0.15) is 0 Å². The Balaban J connectivity index is 1.86. The number of rotatable bonds is 3. The van der Waals surface area contributed by atoms with Crippen molar-refractivity contribution in [3.63, 3.8) is 0 Å². The highest BCUT2D eigenvalue weighted by molar-refractivity contribution is 5.92. The van der Waals surface area contributed by atoms with Gasteiger partial charge < -0.3 is 9.64 Å². The van der Waals surface area contributed by atoms with E-state index in [9.17, 15) is 4.79 Å². The molecule has 1 aliphatic carbocycles. The van der Waals surface area contributed by atoms with Gasteiger partial charge in [0, 0.05) is 18.7 Å². The van der Waals surface area contributed by atoms with Gasteiger partial charge >= 0.3 is 0 Å². The Kier molecular flexibility index (Phi) is 3.68. The highest BCUT2D eigenvalue weighted by atomic mass is 16.5. The molecular weight excluding hydrogens is 250 g/mol. The Hall–Kier alpha value is -1.51. The van der Waals surface area contributed by atoms with Crippen LogP contribution in [0.2, 0.25) is 0 Å². The Bertz CT molecular complexity index is 486. The van der Waals surface area contributed by atoms with Gasteiger partial charge in [-0.15, -0.1) is 0 Å². The molecule has 1 aliphatic heterocycles. The molecule has 0 spiro atoms. The van der Waals surface area contributed by atoms with Crippen molar-refractivity contribution in [3.05, 3.63) is 29.8 Å². The topological polar surface area (TPSA) is 29.5 Å². The van der Waals surface area contributed by atoms with Crippen molar-refractivity contribution in [2.24, 2.45) is 0 Å². The van der Waals surface area contributed by atoms with E-state index in [0.717, 1.165) is 50.1 Å². The zero-order chi connectivity index (χ0) is 14.0. The fourth-order valence-corrected chi connectivity index (χ4v) is 3.34. The predicted molar refractivity (Wildman–Crippen MR) is 79.0 cm³/mol. The van der Waals surface area contributed by atoms with Gasteiger partial charge in [0.2, 0.25) is 5.91 Å². The summed E-state index contributed by atoms with van der Waals surface area (Å²) in [6, 6.07) is 8.00. The van der Waals surface area contributed by atoms with Crippen LogP contribution in [0.4, 0.5) is 0 Å². The van der Waals surface area contributed by atoms with Gasteiger partial charge in [0.05, 0.1) is 12.5 Å². The van der Waals surface area contributed by atoms with Gasteiger partial charge in [-0.3, -0.25) is 4.79 Å². The maximum atomic E-state index is 13.0. The van der Waals surface area contributed by atoms with Crippen molar-refractivity contribution in [2.45, 2.75) is 43.9 Å². The van der Waals surface area contributed by atoms with Gasteiger partial charge in [0.25, 0.3) is 0 Å². The zero-order valence-corrected chi connectivity index (χ0v) is 12.2. The molecule has 0 atom stereocenters. The quantitative estimate of drug-likeness (QED) is 0.847. The van der Waals surface area contributed by atoms with E-state index in [1.807, 2.05) is 18.2 Å². The number of hydrogen-bond acceptors (Lipinski definition) is 2. The van der Waals surface area contributed by atoms with Crippen molar-refractivity contribution >= 4 is 5.91 Å². The van der Waals surface area contributed by atoms with Gasteiger partial charge in [-0.1, -0.05) is 31.0 Å². The highest BCUT2D eigenvalue weighted by Crippen LogP contribution is 2.52. The van der Waals surface area contributed by atoms with Crippen LogP contribution in [0.25, 0.3) is 0 Å². The predicted octanol–water partition coefficient (Wildman–Crippen LogP) is 3.13. The minimum Gasteiger partial charge on any atom is -0.496 e. The molecule has 20 heavy (non-hydrogen) atoms. The minimum absolute atomic E-state index is 0.295. The van der Waals surface area contributed by atoms with Crippen LogP contribution in [0.3, 0.4) is 0 Å². The number of likely N-dealkylation sites (tertiary alicyclic amines) is 1. The third-order valence-electron chi connectivity index (χ3n) is 4.68. The summed E-state index contributed by atoms with van der Waals surface area (Å²) in [5.74, 6) is 1.18. The van der Waals surface area contributed by atoms with E-state index in [4.69, 9.17) is 4.74 Å². The summed E-state index contributed by atoms with van der Waals surface area (Å²) in [6.07, 6.45) is 6.73. The standard InChI is InChI=1S/C17H23NO2/c1-20-15-9-5-4-8-14(15)17(10-11-17)16(19)18-12-6-2-3-7-13-18/h4-5,8-9H,2-3,6-7,10-13H2,1H3. The lowest BCUT2D eigenvalue weighted by molar-refractivity contribution is -0.134. The second-order valence-electron chi connectivity index (χ2n) is 5.99. The molecule has 1 saturated carbocycles. The molecule has 2 fully saturated rings. The average Bonchev–Trinajstić information content (AvgIpc) is 3.31. The van der Waals surface area contributed by atoms with E-state index in [1.165, 1.54) is 12.8 Å². The van der Waals surface area contributed by atoms with Crippen LogP contribution < -0.4 is 4.74 Å². The van der Waals surface area contributed by atoms with Gasteiger partial charge in [0.15, 0.2) is 0 Å². The molecule has 1 saturated heterocycles. The summed E-state index contributed by atoms with van der Waals surface area (Å²) < 4.78 is 5.46. The average molecular weight is 273 g/mol. The Labute approximate surface area is 120 Å². The van der Waals surface area contributed by atoms with Crippen LogP contribution in [-0.2, 0) is 10.2 Å². The van der Waals surface area contributed by atoms with Crippen LogP contribution in [0.15, 0.2) is 24.3 Å².